The van der Waals surface area contributed by atoms with E-state index in [-0.39, 0.29) is 12.0 Å². The summed E-state index contributed by atoms with van der Waals surface area (Å²) in [5.74, 6) is 0.765. The topological polar surface area (TPSA) is 23.5 Å². The predicted molar refractivity (Wildman–Crippen MR) is 95.6 cm³/mol. The van der Waals surface area contributed by atoms with Crippen LogP contribution in [0.15, 0.2) is 54.6 Å². The lowest BCUT2D eigenvalue weighted by molar-refractivity contribution is 0.0473. The fourth-order valence-electron chi connectivity index (χ4n) is 3.72. The molecule has 0 aliphatic carbocycles. The van der Waals surface area contributed by atoms with Crippen molar-refractivity contribution in [2.24, 2.45) is 0 Å². The Morgan fingerprint density at radius 3 is 2.43 bits per heavy atom. The van der Waals surface area contributed by atoms with Crippen LogP contribution in [0.4, 0.5) is 0 Å². The molecule has 2 nitrogen and oxygen atoms in total. The molecule has 1 fully saturated rings. The van der Waals surface area contributed by atoms with Crippen LogP contribution in [-0.2, 0) is 6.54 Å². The molecule has 1 saturated heterocycles. The van der Waals surface area contributed by atoms with Gasteiger partial charge in [0.15, 0.2) is 0 Å². The molecule has 23 heavy (non-hydrogen) atoms. The van der Waals surface area contributed by atoms with Gasteiger partial charge in [-0.2, -0.15) is 0 Å². The molecule has 1 heterocycles. The summed E-state index contributed by atoms with van der Waals surface area (Å²) in [6.07, 6.45) is 0.741. The first kappa shape index (κ1) is 16.2. The van der Waals surface area contributed by atoms with Crippen molar-refractivity contribution in [3.05, 3.63) is 71.3 Å². The molecule has 0 radical (unpaired) electrons. The van der Waals surface area contributed by atoms with Crippen molar-refractivity contribution in [2.75, 3.05) is 13.1 Å². The van der Waals surface area contributed by atoms with E-state index in [2.05, 4.69) is 67.3 Å². The van der Waals surface area contributed by atoms with E-state index in [1.165, 1.54) is 16.7 Å². The Bertz CT molecular complexity index is 623. The smallest absolute Gasteiger partial charge is 0.0736 e. The molecule has 1 N–H and O–H groups in total. The van der Waals surface area contributed by atoms with E-state index < -0.39 is 0 Å². The monoisotopic (exact) mass is 309 g/mol. The minimum absolute atomic E-state index is 0.264. The van der Waals surface area contributed by atoms with Crippen molar-refractivity contribution in [3.8, 4) is 0 Å². The molecule has 122 valence electrons. The van der Waals surface area contributed by atoms with Crippen LogP contribution in [0, 0.1) is 0 Å². The Kier molecular flexibility index (Phi) is 5.14. The second kappa shape index (κ2) is 7.29. The lowest BCUT2D eigenvalue weighted by Gasteiger charge is -2.37. The van der Waals surface area contributed by atoms with Gasteiger partial charge in [0.1, 0.15) is 0 Å². The molecule has 0 bridgehead atoms. The third-order valence-corrected chi connectivity index (χ3v) is 4.93. The first-order valence-corrected chi connectivity index (χ1v) is 8.68. The summed E-state index contributed by atoms with van der Waals surface area (Å²) in [5.41, 5.74) is 4.04. The maximum atomic E-state index is 10.7. The van der Waals surface area contributed by atoms with Gasteiger partial charge in [-0.1, -0.05) is 68.4 Å². The summed E-state index contributed by atoms with van der Waals surface area (Å²) in [7, 11) is 0. The van der Waals surface area contributed by atoms with Crippen LogP contribution >= 0.6 is 0 Å². The SMILES string of the molecule is CC(C)c1ccccc1C1CCN(Cc2ccccc2)CC1O. The third-order valence-electron chi connectivity index (χ3n) is 4.93. The molecular weight excluding hydrogens is 282 g/mol. The second-order valence-corrected chi connectivity index (χ2v) is 6.97. The van der Waals surface area contributed by atoms with Gasteiger partial charge in [0.2, 0.25) is 0 Å². The number of rotatable bonds is 4. The number of benzene rings is 2. The van der Waals surface area contributed by atoms with Crippen LogP contribution in [0.25, 0.3) is 0 Å². The second-order valence-electron chi connectivity index (χ2n) is 6.97. The van der Waals surface area contributed by atoms with Crippen LogP contribution in [-0.4, -0.2) is 29.2 Å². The number of likely N-dealkylation sites (tertiary alicyclic amines) is 1. The Labute approximate surface area is 139 Å². The van der Waals surface area contributed by atoms with Crippen LogP contribution in [0.2, 0.25) is 0 Å². The molecule has 0 saturated carbocycles. The van der Waals surface area contributed by atoms with Gasteiger partial charge >= 0.3 is 0 Å². The first-order valence-electron chi connectivity index (χ1n) is 8.68. The average Bonchev–Trinajstić information content (AvgIpc) is 2.56. The fraction of sp³-hybridized carbons (Fsp3) is 0.429. The highest BCUT2D eigenvalue weighted by atomic mass is 16.3. The zero-order chi connectivity index (χ0) is 16.2. The molecule has 2 aromatic carbocycles. The van der Waals surface area contributed by atoms with Crippen LogP contribution in [0.1, 0.15) is 48.8 Å². The summed E-state index contributed by atoms with van der Waals surface area (Å²) in [6, 6.07) is 19.2. The fourth-order valence-corrected chi connectivity index (χ4v) is 3.72. The van der Waals surface area contributed by atoms with Crippen LogP contribution in [0.5, 0.6) is 0 Å². The van der Waals surface area contributed by atoms with Crippen molar-refractivity contribution < 1.29 is 5.11 Å². The van der Waals surface area contributed by atoms with E-state index >= 15 is 0 Å². The van der Waals surface area contributed by atoms with Gasteiger partial charge in [0.25, 0.3) is 0 Å². The summed E-state index contributed by atoms with van der Waals surface area (Å²) in [4.78, 5) is 2.37. The summed E-state index contributed by atoms with van der Waals surface area (Å²) in [6.45, 7) is 7.19. The molecular formula is C21H27NO. The van der Waals surface area contributed by atoms with Crippen molar-refractivity contribution in [3.63, 3.8) is 0 Å². The number of aliphatic hydroxyl groups is 1. The van der Waals surface area contributed by atoms with E-state index in [0.717, 1.165) is 26.1 Å². The van der Waals surface area contributed by atoms with E-state index in [9.17, 15) is 5.11 Å². The van der Waals surface area contributed by atoms with E-state index in [1.54, 1.807) is 0 Å². The first-order chi connectivity index (χ1) is 11.1. The highest BCUT2D eigenvalue weighted by Crippen LogP contribution is 2.34. The summed E-state index contributed by atoms with van der Waals surface area (Å²) in [5, 5.41) is 10.7. The quantitative estimate of drug-likeness (QED) is 0.916. The van der Waals surface area contributed by atoms with Gasteiger partial charge < -0.3 is 5.11 Å². The number of piperidine rings is 1. The number of β-amino-alcohol motifs (C(OH)–C–C–N with tert-alkyl or cyclic N) is 1. The summed E-state index contributed by atoms with van der Waals surface area (Å²) < 4.78 is 0. The normalized spacial score (nSPS) is 22.4. The number of hydrogen-bond acceptors (Lipinski definition) is 2. The predicted octanol–water partition coefficient (Wildman–Crippen LogP) is 4.16. The lowest BCUT2D eigenvalue weighted by atomic mass is 9.82. The number of nitrogens with zero attached hydrogens (tertiary/aromatic N) is 1. The molecule has 3 rings (SSSR count). The third kappa shape index (κ3) is 3.82. The van der Waals surface area contributed by atoms with E-state index in [1.807, 2.05) is 6.07 Å². The molecule has 2 unspecified atom stereocenters. The van der Waals surface area contributed by atoms with Gasteiger partial charge in [-0.05, 0) is 35.6 Å². The Morgan fingerprint density at radius 2 is 1.74 bits per heavy atom. The maximum absolute atomic E-state index is 10.7. The lowest BCUT2D eigenvalue weighted by Crippen LogP contribution is -2.42. The highest BCUT2D eigenvalue weighted by Gasteiger charge is 2.30. The molecule has 2 aromatic rings. The van der Waals surface area contributed by atoms with Gasteiger partial charge in [0.05, 0.1) is 6.10 Å². The zero-order valence-electron chi connectivity index (χ0n) is 14.2. The Balaban J connectivity index is 1.70. The van der Waals surface area contributed by atoms with Gasteiger partial charge in [0, 0.05) is 19.0 Å². The zero-order valence-corrected chi connectivity index (χ0v) is 14.2. The van der Waals surface area contributed by atoms with Gasteiger partial charge in [-0.3, -0.25) is 4.90 Å². The van der Waals surface area contributed by atoms with Crippen LogP contribution < -0.4 is 0 Å². The molecule has 2 heteroatoms. The molecule has 2 atom stereocenters. The average molecular weight is 309 g/mol. The van der Waals surface area contributed by atoms with Crippen molar-refractivity contribution in [2.45, 2.75) is 44.8 Å². The van der Waals surface area contributed by atoms with E-state index in [4.69, 9.17) is 0 Å². The van der Waals surface area contributed by atoms with Crippen molar-refractivity contribution in [1.29, 1.82) is 0 Å². The van der Waals surface area contributed by atoms with E-state index in [0.29, 0.717) is 5.92 Å². The largest absolute Gasteiger partial charge is 0.391 e. The molecule has 1 aliphatic heterocycles. The number of hydrogen-bond donors (Lipinski definition) is 1. The van der Waals surface area contributed by atoms with Crippen LogP contribution in [0.3, 0.4) is 0 Å². The molecule has 1 aliphatic rings. The van der Waals surface area contributed by atoms with Gasteiger partial charge in [-0.25, -0.2) is 0 Å². The standard InChI is InChI=1S/C21H27NO/c1-16(2)18-10-6-7-11-19(18)20-12-13-22(15-21(20)23)14-17-8-4-3-5-9-17/h3-11,16,20-21,23H,12-15H2,1-2H3. The molecule has 0 amide bonds. The van der Waals surface area contributed by atoms with Gasteiger partial charge in [-0.15, -0.1) is 0 Å². The minimum Gasteiger partial charge on any atom is -0.391 e. The minimum atomic E-state index is -0.285. The van der Waals surface area contributed by atoms with Crippen molar-refractivity contribution in [1.82, 2.24) is 4.90 Å². The molecule has 0 spiro atoms. The summed E-state index contributed by atoms with van der Waals surface area (Å²) >= 11 is 0. The molecule has 0 aromatic heterocycles. The Morgan fingerprint density at radius 1 is 1.04 bits per heavy atom. The Hall–Kier alpha value is -1.64. The van der Waals surface area contributed by atoms with Crippen molar-refractivity contribution >= 4 is 0 Å². The maximum Gasteiger partial charge on any atom is 0.0736 e. The number of aliphatic hydroxyl groups excluding tert-OH is 1. The highest BCUT2D eigenvalue weighted by molar-refractivity contribution is 5.34.